The number of ether oxygens (including phenoxy) is 2. The van der Waals surface area contributed by atoms with E-state index in [1.165, 1.54) is 20.3 Å². The lowest BCUT2D eigenvalue weighted by atomic mass is 10.0. The molecule has 3 heterocycles. The summed E-state index contributed by atoms with van der Waals surface area (Å²) < 4.78 is 12.4. The van der Waals surface area contributed by atoms with Crippen LogP contribution in [-0.2, 0) is 11.3 Å². The van der Waals surface area contributed by atoms with Gasteiger partial charge in [-0.3, -0.25) is 19.1 Å². The minimum absolute atomic E-state index is 0.0335. The molecule has 2 aromatic heterocycles. The van der Waals surface area contributed by atoms with Gasteiger partial charge in [0.05, 0.1) is 35.9 Å². The fourth-order valence-electron chi connectivity index (χ4n) is 4.72. The highest BCUT2D eigenvalue weighted by Gasteiger charge is 2.28. The molecule has 1 fully saturated rings. The molecule has 5 rings (SSSR count). The second kappa shape index (κ2) is 12.2. The number of fused-ring (bicyclic) bond motifs is 1. The molecule has 12 heteroatoms. The van der Waals surface area contributed by atoms with E-state index in [9.17, 15) is 9.59 Å². The molecule has 1 saturated heterocycles. The first-order valence-corrected chi connectivity index (χ1v) is 13.6. The Kier molecular flexibility index (Phi) is 8.44. The molecule has 0 spiro atoms. The predicted octanol–water partition coefficient (Wildman–Crippen LogP) is 4.51. The van der Waals surface area contributed by atoms with Crippen molar-refractivity contribution in [1.82, 2.24) is 24.8 Å². The molecule has 4 aromatic rings. The number of hydrogen-bond donors (Lipinski definition) is 2. The predicted molar refractivity (Wildman–Crippen MR) is 161 cm³/mol. The van der Waals surface area contributed by atoms with E-state index in [-0.39, 0.29) is 33.1 Å². The van der Waals surface area contributed by atoms with Gasteiger partial charge < -0.3 is 20.1 Å². The highest BCUT2D eigenvalue weighted by Crippen LogP contribution is 2.45. The number of aromatic nitrogens is 3. The van der Waals surface area contributed by atoms with Crippen LogP contribution < -0.4 is 25.7 Å². The molecule has 1 aliphatic rings. The zero-order valence-corrected chi connectivity index (χ0v) is 24.0. The summed E-state index contributed by atoms with van der Waals surface area (Å²) in [5.74, 6) is 0.781. The molecule has 0 unspecified atom stereocenters. The van der Waals surface area contributed by atoms with Crippen molar-refractivity contribution < 1.29 is 14.3 Å². The second-order valence-corrected chi connectivity index (χ2v) is 10.2. The van der Waals surface area contributed by atoms with Gasteiger partial charge in [-0.1, -0.05) is 48.0 Å². The third-order valence-electron chi connectivity index (χ3n) is 6.83. The number of likely N-dealkylation sites (tertiary alicyclic amines) is 1. The average molecular weight is 595 g/mol. The number of methoxy groups -OCH3 is 2. The Bertz CT molecular complexity index is 1640. The number of nitrogens with zero attached hydrogens (tertiary/aromatic N) is 4. The maximum atomic E-state index is 14.1. The number of anilines is 2. The standard InChI is InChI=1S/C29H28Cl2N6O4/c1-4-23(38)33-19-15-36(16-19)10-11-37-27-17(14-32-29(35-27)34-18-8-6-5-7-9-18)12-20(28(37)39)24-25(30)21(40-2)13-22(41-3)26(24)31/h4-9,12-14,19H,1,10-11,15-16H2,2-3H3,(H,33,38)(H,32,34,35). The summed E-state index contributed by atoms with van der Waals surface area (Å²) >= 11 is 13.4. The van der Waals surface area contributed by atoms with E-state index in [2.05, 4.69) is 27.1 Å². The van der Waals surface area contributed by atoms with Gasteiger partial charge in [0.15, 0.2) is 0 Å². The normalized spacial score (nSPS) is 13.5. The lowest BCUT2D eigenvalue weighted by Gasteiger charge is -2.39. The summed E-state index contributed by atoms with van der Waals surface area (Å²) in [5.41, 5.74) is 1.49. The van der Waals surface area contributed by atoms with Crippen LogP contribution in [0.15, 0.2) is 66.1 Å². The fraction of sp³-hybridized carbons (Fsp3) is 0.241. The first-order chi connectivity index (χ1) is 19.8. The summed E-state index contributed by atoms with van der Waals surface area (Å²) in [6.45, 7) is 5.68. The van der Waals surface area contributed by atoms with Crippen LogP contribution in [0.25, 0.3) is 22.2 Å². The lowest BCUT2D eigenvalue weighted by molar-refractivity contribution is -0.118. The topological polar surface area (TPSA) is 111 Å². The summed E-state index contributed by atoms with van der Waals surface area (Å²) in [7, 11) is 2.95. The zero-order chi connectivity index (χ0) is 29.1. The first-order valence-electron chi connectivity index (χ1n) is 12.8. The molecule has 0 bridgehead atoms. The fourth-order valence-corrected chi connectivity index (χ4v) is 5.43. The van der Waals surface area contributed by atoms with Gasteiger partial charge in [-0.15, -0.1) is 0 Å². The van der Waals surface area contributed by atoms with E-state index in [4.69, 9.17) is 37.7 Å². The van der Waals surface area contributed by atoms with Gasteiger partial charge in [0.1, 0.15) is 17.1 Å². The molecule has 10 nitrogen and oxygen atoms in total. The van der Waals surface area contributed by atoms with Crippen LogP contribution >= 0.6 is 23.2 Å². The van der Waals surface area contributed by atoms with Crippen molar-refractivity contribution in [2.45, 2.75) is 12.6 Å². The van der Waals surface area contributed by atoms with Crippen LogP contribution in [0.3, 0.4) is 0 Å². The number of rotatable bonds is 10. The van der Waals surface area contributed by atoms with Crippen LogP contribution in [0, 0.1) is 0 Å². The number of carbonyl (C=O) groups excluding carboxylic acids is 1. The van der Waals surface area contributed by atoms with Gasteiger partial charge in [0, 0.05) is 55.1 Å². The number of nitrogens with one attached hydrogen (secondary N) is 2. The van der Waals surface area contributed by atoms with Crippen molar-refractivity contribution >= 4 is 51.8 Å². The Balaban J connectivity index is 1.57. The minimum atomic E-state index is -0.335. The summed E-state index contributed by atoms with van der Waals surface area (Å²) in [5, 5.41) is 7.06. The van der Waals surface area contributed by atoms with Crippen LogP contribution in [-0.4, -0.2) is 65.2 Å². The van der Waals surface area contributed by atoms with E-state index in [1.807, 2.05) is 30.3 Å². The Morgan fingerprint density at radius 1 is 1.10 bits per heavy atom. The molecular formula is C29H28Cl2N6O4. The molecule has 0 aliphatic carbocycles. The molecule has 212 valence electrons. The van der Waals surface area contributed by atoms with Crippen LogP contribution in [0.1, 0.15) is 0 Å². The molecule has 2 aromatic carbocycles. The maximum Gasteiger partial charge on any atom is 0.260 e. The number of hydrogen-bond acceptors (Lipinski definition) is 8. The van der Waals surface area contributed by atoms with Crippen molar-refractivity contribution in [2.24, 2.45) is 0 Å². The highest BCUT2D eigenvalue weighted by atomic mass is 35.5. The molecule has 41 heavy (non-hydrogen) atoms. The Hall–Kier alpha value is -4.12. The number of carbonyl (C=O) groups is 1. The van der Waals surface area contributed by atoms with E-state index in [0.29, 0.717) is 60.2 Å². The summed E-state index contributed by atoms with van der Waals surface area (Å²) in [6.07, 6.45) is 2.90. The molecule has 0 radical (unpaired) electrons. The number of amides is 1. The van der Waals surface area contributed by atoms with Crippen molar-refractivity contribution in [3.63, 3.8) is 0 Å². The SMILES string of the molecule is C=CC(=O)NC1CN(CCn2c(=O)c(-c3c(Cl)c(OC)cc(OC)c3Cl)cc3cnc(Nc4ccccc4)nc32)C1. The van der Waals surface area contributed by atoms with Crippen LogP contribution in [0.5, 0.6) is 11.5 Å². The van der Waals surface area contributed by atoms with E-state index in [0.717, 1.165) is 5.69 Å². The number of pyridine rings is 1. The first kappa shape index (κ1) is 28.4. The molecule has 2 N–H and O–H groups in total. The van der Waals surface area contributed by atoms with Crippen LogP contribution in [0.4, 0.5) is 11.6 Å². The van der Waals surface area contributed by atoms with E-state index >= 15 is 0 Å². The third kappa shape index (κ3) is 5.85. The Morgan fingerprint density at radius 3 is 2.41 bits per heavy atom. The average Bonchev–Trinajstić information content (AvgIpc) is 2.96. The van der Waals surface area contributed by atoms with Gasteiger partial charge in [-0.05, 0) is 24.3 Å². The number of benzene rings is 2. The van der Waals surface area contributed by atoms with Gasteiger partial charge in [0.25, 0.3) is 5.56 Å². The van der Waals surface area contributed by atoms with Gasteiger partial charge in [-0.25, -0.2) is 4.98 Å². The van der Waals surface area contributed by atoms with Crippen molar-refractivity contribution in [2.75, 3.05) is 39.2 Å². The van der Waals surface area contributed by atoms with Crippen molar-refractivity contribution in [3.8, 4) is 22.6 Å². The smallest absolute Gasteiger partial charge is 0.260 e. The molecule has 1 amide bonds. The monoisotopic (exact) mass is 594 g/mol. The molecular weight excluding hydrogens is 567 g/mol. The quantitative estimate of drug-likeness (QED) is 0.258. The minimum Gasteiger partial charge on any atom is -0.495 e. The number of halogens is 2. The largest absolute Gasteiger partial charge is 0.495 e. The second-order valence-electron chi connectivity index (χ2n) is 9.43. The van der Waals surface area contributed by atoms with E-state index in [1.54, 1.807) is 22.9 Å². The summed E-state index contributed by atoms with van der Waals surface area (Å²) in [6, 6.07) is 12.8. The Morgan fingerprint density at radius 2 is 1.78 bits per heavy atom. The van der Waals surface area contributed by atoms with E-state index < -0.39 is 0 Å². The summed E-state index contributed by atoms with van der Waals surface area (Å²) in [4.78, 5) is 37.1. The highest BCUT2D eigenvalue weighted by molar-refractivity contribution is 6.41. The maximum absolute atomic E-state index is 14.1. The van der Waals surface area contributed by atoms with Crippen molar-refractivity contribution in [3.05, 3.63) is 81.7 Å². The zero-order valence-electron chi connectivity index (χ0n) is 22.5. The lowest BCUT2D eigenvalue weighted by Crippen LogP contribution is -2.59. The molecule has 0 atom stereocenters. The van der Waals surface area contributed by atoms with Gasteiger partial charge in [-0.2, -0.15) is 4.98 Å². The van der Waals surface area contributed by atoms with Crippen molar-refractivity contribution in [1.29, 1.82) is 0 Å². The van der Waals surface area contributed by atoms with Gasteiger partial charge in [0.2, 0.25) is 11.9 Å². The molecule has 0 saturated carbocycles. The Labute approximate surface area is 246 Å². The third-order valence-corrected chi connectivity index (χ3v) is 7.58. The molecule has 1 aliphatic heterocycles. The number of para-hydroxylation sites is 1. The van der Waals surface area contributed by atoms with Gasteiger partial charge >= 0.3 is 0 Å². The van der Waals surface area contributed by atoms with Crippen LogP contribution in [0.2, 0.25) is 10.0 Å².